The summed E-state index contributed by atoms with van der Waals surface area (Å²) < 4.78 is 0. The van der Waals surface area contributed by atoms with Gasteiger partial charge < -0.3 is 9.68 Å². The Morgan fingerprint density at radius 3 is 1.29 bits per heavy atom. The Hall–Kier alpha value is -5.50. The number of nitrogens with zero attached hydrogens (tertiary/aromatic N) is 2. The minimum atomic E-state index is -0.650. The summed E-state index contributed by atoms with van der Waals surface area (Å²) in [5.74, 6) is -2.02. The lowest BCUT2D eigenvalue weighted by Crippen LogP contribution is -2.24. The summed E-state index contributed by atoms with van der Waals surface area (Å²) in [4.78, 5) is 61.4. The first-order valence-electron chi connectivity index (χ1n) is 14.7. The zero-order valence-electron chi connectivity index (χ0n) is 25.5. The fraction of sp³-hybridized carbons (Fsp3) is 0.189. The lowest BCUT2D eigenvalue weighted by Gasteiger charge is -2.30. The van der Waals surface area contributed by atoms with Crippen molar-refractivity contribution in [2.24, 2.45) is 10.3 Å². The summed E-state index contributed by atoms with van der Waals surface area (Å²) in [5, 5.41) is 7.63. The number of Topliss-reactive ketones (excluding diaryl/α,β-unsaturated/α-hetero) is 2. The number of hydrogen-bond acceptors (Lipinski definition) is 8. The van der Waals surface area contributed by atoms with E-state index in [9.17, 15) is 19.2 Å². The molecular weight excluding hydrogens is 568 g/mol. The van der Waals surface area contributed by atoms with Crippen molar-refractivity contribution in [3.05, 3.63) is 130 Å². The molecule has 0 aromatic heterocycles. The molecule has 8 nitrogen and oxygen atoms in total. The molecule has 8 heteroatoms. The van der Waals surface area contributed by atoms with Crippen molar-refractivity contribution in [1.82, 2.24) is 0 Å². The summed E-state index contributed by atoms with van der Waals surface area (Å²) >= 11 is 0. The summed E-state index contributed by atoms with van der Waals surface area (Å²) in [5.41, 5.74) is 5.07. The normalized spacial score (nSPS) is 13.4. The zero-order chi connectivity index (χ0) is 32.1. The molecule has 0 fully saturated rings. The van der Waals surface area contributed by atoms with Gasteiger partial charge in [-0.15, -0.1) is 0 Å². The zero-order valence-corrected chi connectivity index (χ0v) is 25.5. The van der Waals surface area contributed by atoms with Crippen LogP contribution in [0.5, 0.6) is 0 Å². The van der Waals surface area contributed by atoms with Crippen molar-refractivity contribution in [2.45, 2.75) is 46.0 Å². The highest BCUT2D eigenvalue weighted by molar-refractivity contribution is 6.45. The maximum absolute atomic E-state index is 13.4. The molecule has 0 heterocycles. The van der Waals surface area contributed by atoms with Gasteiger partial charge in [-0.1, -0.05) is 84.8 Å². The summed E-state index contributed by atoms with van der Waals surface area (Å²) in [6.45, 7) is 7.18. The average molecular weight is 601 g/mol. The van der Waals surface area contributed by atoms with E-state index >= 15 is 0 Å². The highest BCUT2D eigenvalue weighted by atomic mass is 16.7. The van der Waals surface area contributed by atoms with Crippen molar-refractivity contribution >= 4 is 34.9 Å². The minimum Gasteiger partial charge on any atom is -0.312 e. The minimum absolute atomic E-state index is 0.0453. The second kappa shape index (κ2) is 13.0. The first-order valence-corrected chi connectivity index (χ1v) is 14.7. The number of carbonyl (C=O) groups is 4. The van der Waals surface area contributed by atoms with Gasteiger partial charge in [-0.3, -0.25) is 9.59 Å². The number of fused-ring (bicyclic) bond motifs is 3. The molecule has 0 saturated carbocycles. The number of hydrogen-bond donors (Lipinski definition) is 0. The van der Waals surface area contributed by atoms with Crippen LogP contribution in [-0.2, 0) is 15.1 Å². The van der Waals surface area contributed by atoms with Crippen molar-refractivity contribution in [3.8, 4) is 11.1 Å². The molecule has 226 valence electrons. The van der Waals surface area contributed by atoms with Gasteiger partial charge in [-0.25, -0.2) is 9.59 Å². The van der Waals surface area contributed by atoms with Gasteiger partial charge >= 0.3 is 11.9 Å². The quantitative estimate of drug-likeness (QED) is 0.0802. The monoisotopic (exact) mass is 600 g/mol. The van der Waals surface area contributed by atoms with E-state index in [0.29, 0.717) is 22.3 Å². The van der Waals surface area contributed by atoms with E-state index in [1.165, 1.54) is 13.8 Å². The van der Waals surface area contributed by atoms with Gasteiger partial charge in [-0.2, -0.15) is 0 Å². The molecule has 1 aliphatic rings. The molecule has 0 atom stereocenters. The highest BCUT2D eigenvalue weighted by Gasteiger charge is 2.41. The maximum Gasteiger partial charge on any atom is 0.365 e. The molecule has 0 saturated heterocycles. The van der Waals surface area contributed by atoms with Gasteiger partial charge in [0.2, 0.25) is 11.6 Å². The van der Waals surface area contributed by atoms with Crippen LogP contribution >= 0.6 is 0 Å². The molecule has 4 aromatic rings. The second-order valence-corrected chi connectivity index (χ2v) is 10.8. The number of carbonyl (C=O) groups excluding carboxylic acids is 4. The molecule has 0 bridgehead atoms. The standard InChI is InChI=1S/C37H32N2O6/c1-5-37(6-2)31-21-27(33(40)23(3)38-44-35(42)25-13-9-7-10-14-25)17-19-29(31)30-20-18-28(22-32(30)37)34(41)24(4)39-45-36(43)26-15-11-8-12-16-26/h7-22H,5-6H2,1-4H3/b38-23+,39-24+. The second-order valence-electron chi connectivity index (χ2n) is 10.8. The van der Waals surface area contributed by atoms with Crippen LogP contribution in [0, 0.1) is 0 Å². The predicted octanol–water partition coefficient (Wildman–Crippen LogP) is 7.60. The molecule has 0 N–H and O–H groups in total. The summed E-state index contributed by atoms with van der Waals surface area (Å²) in [7, 11) is 0. The number of rotatable bonds is 10. The number of benzene rings is 4. The number of ketones is 2. The predicted molar refractivity (Wildman–Crippen MR) is 172 cm³/mol. The SMILES string of the molecule is CCC1(CC)c2cc(C(=O)/C(C)=N/OC(=O)c3ccccc3)ccc2-c2ccc(C(=O)/C(C)=N/OC(=O)c3ccccc3)cc21. The molecule has 0 amide bonds. The van der Waals surface area contributed by atoms with Crippen LogP contribution in [0.15, 0.2) is 107 Å². The van der Waals surface area contributed by atoms with E-state index < -0.39 is 17.4 Å². The molecule has 45 heavy (non-hydrogen) atoms. The highest BCUT2D eigenvalue weighted by Crippen LogP contribution is 2.53. The number of oxime groups is 2. The first-order chi connectivity index (χ1) is 21.7. The Bertz CT molecular complexity index is 1720. The van der Waals surface area contributed by atoms with Crippen LogP contribution in [0.1, 0.15) is 93.1 Å². The van der Waals surface area contributed by atoms with Gasteiger partial charge in [0, 0.05) is 16.5 Å². The molecule has 0 spiro atoms. The largest absolute Gasteiger partial charge is 0.365 e. The Balaban J connectivity index is 1.40. The first kappa shape index (κ1) is 30.9. The van der Waals surface area contributed by atoms with Crippen LogP contribution in [0.4, 0.5) is 0 Å². The van der Waals surface area contributed by atoms with E-state index in [4.69, 9.17) is 9.68 Å². The lowest BCUT2D eigenvalue weighted by atomic mass is 9.73. The Morgan fingerprint density at radius 2 is 0.933 bits per heavy atom. The summed E-state index contributed by atoms with van der Waals surface area (Å²) in [6.07, 6.45) is 1.45. The lowest BCUT2D eigenvalue weighted by molar-refractivity contribution is 0.0506. The van der Waals surface area contributed by atoms with Crippen molar-refractivity contribution in [3.63, 3.8) is 0 Å². The van der Waals surface area contributed by atoms with E-state index in [0.717, 1.165) is 35.1 Å². The third-order valence-corrected chi connectivity index (χ3v) is 8.30. The van der Waals surface area contributed by atoms with E-state index in [1.54, 1.807) is 72.8 Å². The summed E-state index contributed by atoms with van der Waals surface area (Å²) in [6, 6.07) is 27.9. The van der Waals surface area contributed by atoms with Gasteiger partial charge in [0.1, 0.15) is 11.4 Å². The van der Waals surface area contributed by atoms with Crippen LogP contribution in [0.3, 0.4) is 0 Å². The van der Waals surface area contributed by atoms with Crippen LogP contribution in [-0.4, -0.2) is 34.9 Å². The molecule has 1 aliphatic carbocycles. The Labute approximate surface area is 261 Å². The molecule has 4 aromatic carbocycles. The fourth-order valence-electron chi connectivity index (χ4n) is 5.76. The fourth-order valence-corrected chi connectivity index (χ4v) is 5.76. The van der Waals surface area contributed by atoms with E-state index in [1.807, 2.05) is 24.3 Å². The van der Waals surface area contributed by atoms with E-state index in [2.05, 4.69) is 24.2 Å². The smallest absolute Gasteiger partial charge is 0.312 e. The van der Waals surface area contributed by atoms with Gasteiger partial charge in [0.15, 0.2) is 0 Å². The third kappa shape index (κ3) is 5.99. The average Bonchev–Trinajstić information content (AvgIpc) is 3.37. The van der Waals surface area contributed by atoms with Crippen LogP contribution in [0.25, 0.3) is 11.1 Å². The van der Waals surface area contributed by atoms with Crippen LogP contribution in [0.2, 0.25) is 0 Å². The van der Waals surface area contributed by atoms with Gasteiger partial charge in [-0.05, 0) is 85.3 Å². The molecular formula is C37H32N2O6. The van der Waals surface area contributed by atoms with Crippen LogP contribution < -0.4 is 0 Å². The van der Waals surface area contributed by atoms with Crippen molar-refractivity contribution in [2.75, 3.05) is 0 Å². The van der Waals surface area contributed by atoms with E-state index in [-0.39, 0.29) is 23.0 Å². The van der Waals surface area contributed by atoms with Crippen molar-refractivity contribution in [1.29, 1.82) is 0 Å². The third-order valence-electron chi connectivity index (χ3n) is 8.30. The van der Waals surface area contributed by atoms with Gasteiger partial charge in [0.25, 0.3) is 0 Å². The van der Waals surface area contributed by atoms with Crippen molar-refractivity contribution < 1.29 is 28.9 Å². The maximum atomic E-state index is 13.4. The molecule has 0 aliphatic heterocycles. The Kier molecular flexibility index (Phi) is 8.95. The Morgan fingerprint density at radius 1 is 0.556 bits per heavy atom. The topological polar surface area (TPSA) is 111 Å². The molecule has 0 unspecified atom stereocenters. The molecule has 5 rings (SSSR count). The van der Waals surface area contributed by atoms with Gasteiger partial charge in [0.05, 0.1) is 11.1 Å². The molecule has 0 radical (unpaired) electrons.